The number of halogens is 1. The van der Waals surface area contributed by atoms with E-state index in [2.05, 4.69) is 10.3 Å². The molecule has 1 amide bonds. The smallest absolute Gasteiger partial charge is 0.261 e. The Kier molecular flexibility index (Phi) is 5.61. The van der Waals surface area contributed by atoms with Gasteiger partial charge in [0.05, 0.1) is 16.1 Å². The minimum atomic E-state index is -0.381. The van der Waals surface area contributed by atoms with E-state index in [1.165, 1.54) is 19.1 Å². The molecule has 1 aromatic heterocycles. The van der Waals surface area contributed by atoms with Crippen LogP contribution in [-0.4, -0.2) is 16.7 Å². The summed E-state index contributed by atoms with van der Waals surface area (Å²) in [6.07, 6.45) is 0. The Bertz CT molecular complexity index is 983. The Balaban J connectivity index is 1.74. The van der Waals surface area contributed by atoms with Crippen LogP contribution in [0.3, 0.4) is 0 Å². The number of nitrogens with one attached hydrogen (secondary N) is 1. The second-order valence-electron chi connectivity index (χ2n) is 5.86. The summed E-state index contributed by atoms with van der Waals surface area (Å²) in [7, 11) is 0. The molecular weight excluding hydrogens is 367 g/mol. The molecule has 0 saturated carbocycles. The molecule has 0 fully saturated rings. The van der Waals surface area contributed by atoms with E-state index in [1.807, 2.05) is 0 Å². The number of ether oxygens (including phenoxy) is 1. The Morgan fingerprint density at radius 2 is 1.85 bits per heavy atom. The number of thiazole rings is 1. The fourth-order valence-corrected chi connectivity index (χ4v) is 3.32. The van der Waals surface area contributed by atoms with Crippen LogP contribution in [0.5, 0.6) is 5.75 Å². The van der Waals surface area contributed by atoms with E-state index >= 15 is 0 Å². The van der Waals surface area contributed by atoms with Gasteiger partial charge in [0.1, 0.15) is 18.2 Å². The van der Waals surface area contributed by atoms with Crippen molar-refractivity contribution in [1.82, 2.24) is 4.98 Å². The topological polar surface area (TPSA) is 68.3 Å². The zero-order chi connectivity index (χ0) is 19.4. The summed E-state index contributed by atoms with van der Waals surface area (Å²) in [5.74, 6) is -0.385. The quantitative estimate of drug-likeness (QED) is 0.630. The summed E-state index contributed by atoms with van der Waals surface area (Å²) in [5.41, 5.74) is 1.72. The first-order valence-electron chi connectivity index (χ1n) is 8.20. The summed E-state index contributed by atoms with van der Waals surface area (Å²) in [6, 6.07) is 12.8. The number of hydrogen-bond donors (Lipinski definition) is 1. The van der Waals surface area contributed by atoms with Gasteiger partial charge < -0.3 is 4.74 Å². The first-order chi connectivity index (χ1) is 12.9. The number of aryl methyl sites for hydroxylation is 1. The van der Waals surface area contributed by atoms with Crippen LogP contribution in [0.2, 0.25) is 0 Å². The van der Waals surface area contributed by atoms with Crippen molar-refractivity contribution in [3.05, 3.63) is 76.0 Å². The van der Waals surface area contributed by atoms with Crippen LogP contribution < -0.4 is 10.1 Å². The molecular formula is C20H17FN2O3S. The van der Waals surface area contributed by atoms with Crippen molar-refractivity contribution < 1.29 is 18.7 Å². The SMILES string of the molecule is CC(=O)c1sc(NC(=O)c2ccccc2OCc2ccc(F)cc2)nc1C. The van der Waals surface area contributed by atoms with Crippen molar-refractivity contribution >= 4 is 28.2 Å². The van der Waals surface area contributed by atoms with E-state index in [-0.39, 0.29) is 24.1 Å². The van der Waals surface area contributed by atoms with Crippen LogP contribution in [0, 0.1) is 12.7 Å². The number of rotatable bonds is 6. The van der Waals surface area contributed by atoms with E-state index in [9.17, 15) is 14.0 Å². The number of Topliss-reactive ketones (excluding diaryl/α,β-unsaturated/α-hetero) is 1. The van der Waals surface area contributed by atoms with Gasteiger partial charge in [-0.2, -0.15) is 0 Å². The average molecular weight is 384 g/mol. The molecule has 2 aromatic carbocycles. The first-order valence-corrected chi connectivity index (χ1v) is 9.01. The van der Waals surface area contributed by atoms with Crippen LogP contribution in [0.25, 0.3) is 0 Å². The van der Waals surface area contributed by atoms with Gasteiger partial charge in [0.2, 0.25) is 0 Å². The Hall–Kier alpha value is -3.06. The van der Waals surface area contributed by atoms with Crippen LogP contribution >= 0.6 is 11.3 Å². The zero-order valence-corrected chi connectivity index (χ0v) is 15.6. The fraction of sp³-hybridized carbons (Fsp3) is 0.150. The molecule has 7 heteroatoms. The highest BCUT2D eigenvalue weighted by atomic mass is 32.1. The van der Waals surface area contributed by atoms with Crippen molar-refractivity contribution in [3.63, 3.8) is 0 Å². The molecule has 0 saturated heterocycles. The molecule has 0 unspecified atom stereocenters. The maximum atomic E-state index is 13.0. The molecule has 5 nitrogen and oxygen atoms in total. The number of aromatic nitrogens is 1. The van der Waals surface area contributed by atoms with Crippen LogP contribution in [0.4, 0.5) is 9.52 Å². The molecule has 3 aromatic rings. The Labute approximate surface area is 159 Å². The zero-order valence-electron chi connectivity index (χ0n) is 14.8. The predicted molar refractivity (Wildman–Crippen MR) is 102 cm³/mol. The number of carbonyl (C=O) groups excluding carboxylic acids is 2. The Morgan fingerprint density at radius 3 is 2.52 bits per heavy atom. The van der Waals surface area contributed by atoms with Gasteiger partial charge in [0.15, 0.2) is 10.9 Å². The molecule has 0 bridgehead atoms. The Morgan fingerprint density at radius 1 is 1.15 bits per heavy atom. The summed E-state index contributed by atoms with van der Waals surface area (Å²) < 4.78 is 18.7. The summed E-state index contributed by atoms with van der Waals surface area (Å²) in [6.45, 7) is 3.39. The van der Waals surface area contributed by atoms with Crippen LogP contribution in [-0.2, 0) is 6.61 Å². The monoisotopic (exact) mass is 384 g/mol. The average Bonchev–Trinajstić information content (AvgIpc) is 3.02. The van der Waals surface area contributed by atoms with Crippen molar-refractivity contribution in [1.29, 1.82) is 0 Å². The third kappa shape index (κ3) is 4.57. The summed E-state index contributed by atoms with van der Waals surface area (Å²) >= 11 is 1.14. The lowest BCUT2D eigenvalue weighted by atomic mass is 10.2. The number of anilines is 1. The molecule has 0 spiro atoms. The lowest BCUT2D eigenvalue weighted by Crippen LogP contribution is -2.13. The fourth-order valence-electron chi connectivity index (χ4n) is 2.46. The van der Waals surface area contributed by atoms with Crippen molar-refractivity contribution in [2.75, 3.05) is 5.32 Å². The van der Waals surface area contributed by atoms with Gasteiger partial charge >= 0.3 is 0 Å². The van der Waals surface area contributed by atoms with Gasteiger partial charge in [-0.25, -0.2) is 9.37 Å². The van der Waals surface area contributed by atoms with E-state index in [4.69, 9.17) is 4.74 Å². The van der Waals surface area contributed by atoms with Gasteiger partial charge in [-0.15, -0.1) is 0 Å². The number of amides is 1. The molecule has 1 heterocycles. The second-order valence-corrected chi connectivity index (χ2v) is 6.85. The molecule has 27 heavy (non-hydrogen) atoms. The summed E-state index contributed by atoms with van der Waals surface area (Å²) in [4.78, 5) is 28.9. The van der Waals surface area contributed by atoms with Crippen LogP contribution in [0.1, 0.15) is 38.2 Å². The summed E-state index contributed by atoms with van der Waals surface area (Å²) in [5, 5.41) is 3.06. The van der Waals surface area contributed by atoms with E-state index in [0.717, 1.165) is 16.9 Å². The largest absolute Gasteiger partial charge is 0.488 e. The molecule has 0 aliphatic rings. The standard InChI is InChI=1S/C20H17FN2O3S/c1-12-18(13(2)24)27-20(22-12)23-19(25)16-5-3-4-6-17(16)26-11-14-7-9-15(21)10-8-14/h3-10H,11H2,1-2H3,(H,22,23,25). The maximum Gasteiger partial charge on any atom is 0.261 e. The van der Waals surface area contributed by atoms with Crippen molar-refractivity contribution in [2.24, 2.45) is 0 Å². The molecule has 138 valence electrons. The number of benzene rings is 2. The van der Waals surface area contributed by atoms with Crippen molar-refractivity contribution in [3.8, 4) is 5.75 Å². The molecule has 0 aliphatic carbocycles. The van der Waals surface area contributed by atoms with E-state index < -0.39 is 0 Å². The molecule has 0 atom stereocenters. The second kappa shape index (κ2) is 8.09. The van der Waals surface area contributed by atoms with Gasteiger partial charge in [-0.05, 0) is 36.8 Å². The van der Waals surface area contributed by atoms with Gasteiger partial charge in [0.25, 0.3) is 5.91 Å². The van der Waals surface area contributed by atoms with Gasteiger partial charge in [-0.1, -0.05) is 35.6 Å². The first kappa shape index (κ1) is 18.7. The maximum absolute atomic E-state index is 13.0. The minimum absolute atomic E-state index is 0.0893. The molecule has 1 N–H and O–H groups in total. The van der Waals surface area contributed by atoms with E-state index in [0.29, 0.717) is 27.0 Å². The normalized spacial score (nSPS) is 10.5. The van der Waals surface area contributed by atoms with E-state index in [1.54, 1.807) is 43.3 Å². The van der Waals surface area contributed by atoms with Crippen molar-refractivity contribution in [2.45, 2.75) is 20.5 Å². The van der Waals surface area contributed by atoms with Gasteiger partial charge in [0, 0.05) is 6.92 Å². The third-order valence-electron chi connectivity index (χ3n) is 3.78. The highest BCUT2D eigenvalue weighted by Gasteiger charge is 2.17. The van der Waals surface area contributed by atoms with Gasteiger partial charge in [-0.3, -0.25) is 14.9 Å². The highest BCUT2D eigenvalue weighted by Crippen LogP contribution is 2.25. The number of nitrogens with zero attached hydrogens (tertiary/aromatic N) is 1. The molecule has 0 aliphatic heterocycles. The van der Waals surface area contributed by atoms with Crippen LogP contribution in [0.15, 0.2) is 48.5 Å². The lowest BCUT2D eigenvalue weighted by molar-refractivity contribution is 0.101. The number of hydrogen-bond acceptors (Lipinski definition) is 5. The lowest BCUT2D eigenvalue weighted by Gasteiger charge is -2.11. The minimum Gasteiger partial charge on any atom is -0.488 e. The third-order valence-corrected chi connectivity index (χ3v) is 4.95. The highest BCUT2D eigenvalue weighted by molar-refractivity contribution is 7.17. The number of carbonyl (C=O) groups is 2. The molecule has 0 radical (unpaired) electrons. The predicted octanol–water partition coefficient (Wildman–Crippen LogP) is 4.62. The molecule has 3 rings (SSSR count). The number of para-hydroxylation sites is 1. The number of ketones is 1.